The van der Waals surface area contributed by atoms with Gasteiger partial charge in [0.2, 0.25) is 5.91 Å². The van der Waals surface area contributed by atoms with E-state index in [2.05, 4.69) is 25.8 Å². The van der Waals surface area contributed by atoms with Crippen molar-refractivity contribution in [3.05, 3.63) is 0 Å². The third-order valence-electron chi connectivity index (χ3n) is 3.14. The van der Waals surface area contributed by atoms with E-state index in [0.717, 1.165) is 31.8 Å². The minimum absolute atomic E-state index is 0.411. The van der Waals surface area contributed by atoms with E-state index >= 15 is 0 Å². The fourth-order valence-corrected chi connectivity index (χ4v) is 1.59. The van der Waals surface area contributed by atoms with Gasteiger partial charge in [-0.15, -0.1) is 0 Å². The number of carbonyl (C=O) groups is 1. The summed E-state index contributed by atoms with van der Waals surface area (Å²) in [5.41, 5.74) is 10.2. The lowest BCUT2D eigenvalue weighted by atomic mass is 9.95. The van der Waals surface area contributed by atoms with Gasteiger partial charge in [-0.2, -0.15) is 0 Å². The van der Waals surface area contributed by atoms with E-state index < -0.39 is 11.4 Å². The first-order valence-electron chi connectivity index (χ1n) is 6.53. The van der Waals surface area contributed by atoms with Gasteiger partial charge in [0, 0.05) is 0 Å². The molecule has 0 aromatic rings. The average molecular weight is 243 g/mol. The summed E-state index contributed by atoms with van der Waals surface area (Å²) in [6.07, 6.45) is 3.91. The quantitative estimate of drug-likeness (QED) is 0.600. The molecular weight excluding hydrogens is 214 g/mol. The number of nitrogens with zero attached hydrogens (tertiary/aromatic N) is 1. The van der Waals surface area contributed by atoms with Gasteiger partial charge in [-0.25, -0.2) is 0 Å². The summed E-state index contributed by atoms with van der Waals surface area (Å²) in [7, 11) is 2.14. The molecular formula is C13H29N3O. The maximum absolute atomic E-state index is 11.0. The van der Waals surface area contributed by atoms with Crippen LogP contribution in [0.3, 0.4) is 0 Å². The molecule has 102 valence electrons. The van der Waals surface area contributed by atoms with Crippen LogP contribution in [0, 0.1) is 5.92 Å². The van der Waals surface area contributed by atoms with E-state index in [-0.39, 0.29) is 0 Å². The summed E-state index contributed by atoms with van der Waals surface area (Å²) in [4.78, 5) is 13.3. The van der Waals surface area contributed by atoms with Crippen LogP contribution in [0.15, 0.2) is 0 Å². The molecule has 17 heavy (non-hydrogen) atoms. The Bertz CT molecular complexity index is 227. The summed E-state index contributed by atoms with van der Waals surface area (Å²) in [6, 6.07) is 0. The molecule has 0 aliphatic heterocycles. The molecule has 4 heteroatoms. The van der Waals surface area contributed by atoms with Crippen molar-refractivity contribution >= 4 is 5.91 Å². The zero-order chi connectivity index (χ0) is 13.5. The molecule has 0 saturated carbocycles. The van der Waals surface area contributed by atoms with Gasteiger partial charge < -0.3 is 16.4 Å². The molecule has 0 aliphatic rings. The lowest BCUT2D eigenvalue weighted by Gasteiger charge is -2.21. The highest BCUT2D eigenvalue weighted by atomic mass is 16.1. The van der Waals surface area contributed by atoms with Crippen molar-refractivity contribution in [2.24, 2.45) is 17.4 Å². The minimum Gasteiger partial charge on any atom is -0.368 e. The van der Waals surface area contributed by atoms with Crippen molar-refractivity contribution in [1.82, 2.24) is 4.90 Å². The summed E-state index contributed by atoms with van der Waals surface area (Å²) in [5, 5.41) is 0. The van der Waals surface area contributed by atoms with E-state index in [0.29, 0.717) is 6.42 Å². The van der Waals surface area contributed by atoms with E-state index in [1.165, 1.54) is 6.42 Å². The van der Waals surface area contributed by atoms with Crippen molar-refractivity contribution in [3.8, 4) is 0 Å². The van der Waals surface area contributed by atoms with E-state index in [1.54, 1.807) is 6.92 Å². The summed E-state index contributed by atoms with van der Waals surface area (Å²) < 4.78 is 0. The van der Waals surface area contributed by atoms with Crippen LogP contribution < -0.4 is 11.5 Å². The topological polar surface area (TPSA) is 72.3 Å². The molecule has 0 fully saturated rings. The number of carbonyl (C=O) groups excluding carboxylic acids is 1. The van der Waals surface area contributed by atoms with E-state index in [9.17, 15) is 4.79 Å². The molecule has 0 heterocycles. The third-order valence-corrected chi connectivity index (χ3v) is 3.14. The molecule has 1 amide bonds. The fourth-order valence-electron chi connectivity index (χ4n) is 1.59. The Kier molecular flexibility index (Phi) is 7.39. The smallest absolute Gasteiger partial charge is 0.237 e. The fraction of sp³-hybridized carbons (Fsp3) is 0.923. The second-order valence-electron chi connectivity index (χ2n) is 5.72. The van der Waals surface area contributed by atoms with Gasteiger partial charge in [-0.05, 0) is 58.7 Å². The highest BCUT2D eigenvalue weighted by Crippen LogP contribution is 2.10. The third kappa shape index (κ3) is 8.16. The Morgan fingerprint density at radius 1 is 1.29 bits per heavy atom. The highest BCUT2D eigenvalue weighted by Gasteiger charge is 2.24. The van der Waals surface area contributed by atoms with Crippen LogP contribution in [0.4, 0.5) is 0 Å². The Labute approximate surface area is 106 Å². The Morgan fingerprint density at radius 2 is 1.88 bits per heavy atom. The minimum atomic E-state index is -0.851. The molecule has 0 radical (unpaired) electrons. The summed E-state index contributed by atoms with van der Waals surface area (Å²) >= 11 is 0. The number of nitrogens with two attached hydrogens (primary N) is 2. The second-order valence-corrected chi connectivity index (χ2v) is 5.72. The summed E-state index contributed by atoms with van der Waals surface area (Å²) in [6.45, 7) is 8.37. The lowest BCUT2D eigenvalue weighted by Crippen LogP contribution is -2.49. The Morgan fingerprint density at radius 3 is 2.35 bits per heavy atom. The van der Waals surface area contributed by atoms with Crippen molar-refractivity contribution in [3.63, 3.8) is 0 Å². The van der Waals surface area contributed by atoms with Gasteiger partial charge in [0.1, 0.15) is 0 Å². The second kappa shape index (κ2) is 7.67. The molecule has 0 saturated heterocycles. The molecule has 0 aliphatic carbocycles. The van der Waals surface area contributed by atoms with Crippen LogP contribution >= 0.6 is 0 Å². The first-order chi connectivity index (χ1) is 7.75. The maximum atomic E-state index is 11.0. The molecule has 0 bridgehead atoms. The van der Waals surface area contributed by atoms with Crippen molar-refractivity contribution in [1.29, 1.82) is 0 Å². The molecule has 1 atom stereocenters. The van der Waals surface area contributed by atoms with Crippen molar-refractivity contribution in [2.75, 3.05) is 20.1 Å². The van der Waals surface area contributed by atoms with E-state index in [1.807, 2.05) is 0 Å². The number of rotatable bonds is 9. The molecule has 0 aromatic heterocycles. The van der Waals surface area contributed by atoms with Gasteiger partial charge >= 0.3 is 0 Å². The first kappa shape index (κ1) is 16.4. The highest BCUT2D eigenvalue weighted by molar-refractivity contribution is 5.83. The van der Waals surface area contributed by atoms with Crippen LogP contribution in [0.5, 0.6) is 0 Å². The normalized spacial score (nSPS) is 15.2. The largest absolute Gasteiger partial charge is 0.368 e. The number of unbranched alkanes of at least 4 members (excludes halogenated alkanes) is 1. The molecule has 0 rings (SSSR count). The van der Waals surface area contributed by atoms with Crippen molar-refractivity contribution < 1.29 is 4.79 Å². The van der Waals surface area contributed by atoms with E-state index in [4.69, 9.17) is 11.5 Å². The van der Waals surface area contributed by atoms with Crippen LogP contribution in [-0.4, -0.2) is 36.5 Å². The van der Waals surface area contributed by atoms with Crippen LogP contribution in [0.2, 0.25) is 0 Å². The zero-order valence-electron chi connectivity index (χ0n) is 11.8. The van der Waals surface area contributed by atoms with Crippen LogP contribution in [0.25, 0.3) is 0 Å². The van der Waals surface area contributed by atoms with Gasteiger partial charge in [0.15, 0.2) is 0 Å². The predicted octanol–water partition coefficient (Wildman–Crippen LogP) is 1.34. The van der Waals surface area contributed by atoms with Crippen LogP contribution in [0.1, 0.15) is 46.5 Å². The van der Waals surface area contributed by atoms with Crippen molar-refractivity contribution in [2.45, 2.75) is 52.0 Å². The number of amides is 1. The number of primary amides is 1. The first-order valence-corrected chi connectivity index (χ1v) is 6.53. The van der Waals surface area contributed by atoms with Gasteiger partial charge in [-0.1, -0.05) is 13.8 Å². The predicted molar refractivity (Wildman–Crippen MR) is 72.6 cm³/mol. The molecule has 4 N–H and O–H groups in total. The van der Waals surface area contributed by atoms with Crippen LogP contribution in [-0.2, 0) is 4.79 Å². The standard InChI is InChI=1S/C13H29N3O/c1-11(2)7-10-16(4)9-6-5-8-13(3,15)12(14)17/h11H,5-10,15H2,1-4H3,(H2,14,17). The lowest BCUT2D eigenvalue weighted by molar-refractivity contribution is -0.122. The average Bonchev–Trinajstić information content (AvgIpc) is 2.21. The molecule has 4 nitrogen and oxygen atoms in total. The zero-order valence-corrected chi connectivity index (χ0v) is 11.8. The number of hydrogen-bond acceptors (Lipinski definition) is 3. The van der Waals surface area contributed by atoms with Gasteiger partial charge in [0.25, 0.3) is 0 Å². The SMILES string of the molecule is CC(C)CCN(C)CCCCC(C)(N)C(N)=O. The number of hydrogen-bond donors (Lipinski definition) is 2. The molecule has 0 spiro atoms. The monoisotopic (exact) mass is 243 g/mol. The Balaban J connectivity index is 3.61. The molecule has 1 unspecified atom stereocenters. The van der Waals surface area contributed by atoms with Gasteiger partial charge in [0.05, 0.1) is 5.54 Å². The van der Waals surface area contributed by atoms with Gasteiger partial charge in [-0.3, -0.25) is 4.79 Å². The molecule has 0 aromatic carbocycles. The maximum Gasteiger partial charge on any atom is 0.237 e. The summed E-state index contributed by atoms with van der Waals surface area (Å²) in [5.74, 6) is 0.338. The Hall–Kier alpha value is -0.610.